The third-order valence-corrected chi connectivity index (χ3v) is 3.66. The molecule has 2 amide bonds. The summed E-state index contributed by atoms with van der Waals surface area (Å²) in [6.07, 6.45) is 0. The molecule has 1 aliphatic rings. The normalized spacial score (nSPS) is 16.4. The molecule has 1 saturated heterocycles. The highest BCUT2D eigenvalue weighted by Gasteiger charge is 2.37. The molecule has 1 aromatic carbocycles. The zero-order chi connectivity index (χ0) is 14.9. The number of nitrogens with one attached hydrogen (secondary N) is 1. The van der Waals surface area contributed by atoms with E-state index >= 15 is 0 Å². The molecule has 108 valence electrons. The van der Waals surface area contributed by atoms with Gasteiger partial charge in [-0.3, -0.25) is 4.79 Å². The van der Waals surface area contributed by atoms with Gasteiger partial charge in [-0.05, 0) is 24.6 Å². The number of carboxylic acid groups (broad SMARTS) is 1. The standard InChI is InChI=1S/C14H17FN2O3/c1-8-3-4-12(11(15)5-8)16-14(20)17-6-10(7-17)9(2)13(18)19/h3-5,9-10H,6-7H2,1-2H3,(H,16,20)(H,18,19). The van der Waals surface area contributed by atoms with Gasteiger partial charge in [0, 0.05) is 19.0 Å². The number of amides is 2. The Morgan fingerprint density at radius 3 is 2.65 bits per heavy atom. The lowest BCUT2D eigenvalue weighted by Crippen LogP contribution is -2.54. The van der Waals surface area contributed by atoms with E-state index in [0.717, 1.165) is 5.56 Å². The Labute approximate surface area is 116 Å². The Morgan fingerprint density at radius 1 is 1.45 bits per heavy atom. The van der Waals surface area contributed by atoms with Gasteiger partial charge in [0.15, 0.2) is 0 Å². The molecule has 20 heavy (non-hydrogen) atoms. The summed E-state index contributed by atoms with van der Waals surface area (Å²) < 4.78 is 13.6. The number of carbonyl (C=O) groups is 2. The average Bonchev–Trinajstić information content (AvgIpc) is 2.30. The molecule has 1 aromatic rings. The van der Waals surface area contributed by atoms with Crippen molar-refractivity contribution in [2.24, 2.45) is 11.8 Å². The minimum absolute atomic E-state index is 0.0406. The van der Waals surface area contributed by atoms with E-state index in [2.05, 4.69) is 5.32 Å². The van der Waals surface area contributed by atoms with Gasteiger partial charge >= 0.3 is 12.0 Å². The summed E-state index contributed by atoms with van der Waals surface area (Å²) in [4.78, 5) is 24.2. The van der Waals surface area contributed by atoms with Crippen molar-refractivity contribution in [2.75, 3.05) is 18.4 Å². The van der Waals surface area contributed by atoms with Gasteiger partial charge in [-0.1, -0.05) is 13.0 Å². The third kappa shape index (κ3) is 2.89. The van der Waals surface area contributed by atoms with E-state index in [0.29, 0.717) is 13.1 Å². The molecule has 2 rings (SSSR count). The summed E-state index contributed by atoms with van der Waals surface area (Å²) in [5.74, 6) is -1.86. The van der Waals surface area contributed by atoms with E-state index in [1.165, 1.54) is 17.0 Å². The van der Waals surface area contributed by atoms with Gasteiger partial charge in [0.25, 0.3) is 0 Å². The number of anilines is 1. The summed E-state index contributed by atoms with van der Waals surface area (Å²) in [6, 6.07) is 4.17. The van der Waals surface area contributed by atoms with Crippen LogP contribution >= 0.6 is 0 Å². The molecule has 0 aromatic heterocycles. The van der Waals surface area contributed by atoms with Gasteiger partial charge in [0.05, 0.1) is 11.6 Å². The van der Waals surface area contributed by atoms with Crippen LogP contribution in [0, 0.1) is 24.6 Å². The van der Waals surface area contributed by atoms with Gasteiger partial charge in [0.1, 0.15) is 5.82 Å². The number of aryl methyl sites for hydroxylation is 1. The Morgan fingerprint density at radius 2 is 2.10 bits per heavy atom. The quantitative estimate of drug-likeness (QED) is 0.892. The van der Waals surface area contributed by atoms with E-state index < -0.39 is 23.7 Å². The molecule has 1 fully saturated rings. The Balaban J connectivity index is 1.90. The van der Waals surface area contributed by atoms with E-state index in [1.807, 2.05) is 0 Å². The number of hydrogen-bond acceptors (Lipinski definition) is 2. The van der Waals surface area contributed by atoms with Crippen LogP contribution in [0.5, 0.6) is 0 Å². The van der Waals surface area contributed by atoms with Gasteiger partial charge in [-0.2, -0.15) is 0 Å². The van der Waals surface area contributed by atoms with Gasteiger partial charge in [-0.15, -0.1) is 0 Å². The van der Waals surface area contributed by atoms with Crippen molar-refractivity contribution in [1.29, 1.82) is 0 Å². The molecule has 1 heterocycles. The fraction of sp³-hybridized carbons (Fsp3) is 0.429. The number of halogens is 1. The molecule has 1 aliphatic heterocycles. The third-order valence-electron chi connectivity index (χ3n) is 3.66. The van der Waals surface area contributed by atoms with Crippen LogP contribution in [0.4, 0.5) is 14.9 Å². The number of urea groups is 1. The van der Waals surface area contributed by atoms with Crippen LogP contribution in [0.1, 0.15) is 12.5 Å². The highest BCUT2D eigenvalue weighted by molar-refractivity contribution is 5.90. The zero-order valence-electron chi connectivity index (χ0n) is 11.4. The van der Waals surface area contributed by atoms with Crippen molar-refractivity contribution < 1.29 is 19.1 Å². The van der Waals surface area contributed by atoms with Gasteiger partial charge in [0.2, 0.25) is 0 Å². The van der Waals surface area contributed by atoms with Crippen LogP contribution in [0.3, 0.4) is 0 Å². The summed E-state index contributed by atoms with van der Waals surface area (Å²) in [6.45, 7) is 4.16. The predicted molar refractivity (Wildman–Crippen MR) is 72.0 cm³/mol. The summed E-state index contributed by atoms with van der Waals surface area (Å²) in [5, 5.41) is 11.4. The molecule has 6 heteroatoms. The number of carboxylic acids is 1. The Hall–Kier alpha value is -2.11. The first kappa shape index (κ1) is 14.3. The van der Waals surface area contributed by atoms with Crippen molar-refractivity contribution in [3.8, 4) is 0 Å². The first-order valence-corrected chi connectivity index (χ1v) is 6.43. The highest BCUT2D eigenvalue weighted by atomic mass is 19.1. The predicted octanol–water partition coefficient (Wildman–Crippen LogP) is 2.32. The smallest absolute Gasteiger partial charge is 0.321 e. The second-order valence-corrected chi connectivity index (χ2v) is 5.21. The maximum absolute atomic E-state index is 13.6. The average molecular weight is 280 g/mol. The minimum Gasteiger partial charge on any atom is -0.481 e. The van der Waals surface area contributed by atoms with Crippen LogP contribution in [0.15, 0.2) is 18.2 Å². The maximum atomic E-state index is 13.6. The molecule has 0 spiro atoms. The van der Waals surface area contributed by atoms with Crippen molar-refractivity contribution in [1.82, 2.24) is 4.90 Å². The SMILES string of the molecule is Cc1ccc(NC(=O)N2CC(C(C)C(=O)O)C2)c(F)c1. The Bertz CT molecular complexity index is 541. The topological polar surface area (TPSA) is 69.6 Å². The lowest BCUT2D eigenvalue weighted by Gasteiger charge is -2.41. The van der Waals surface area contributed by atoms with Crippen molar-refractivity contribution in [2.45, 2.75) is 13.8 Å². The van der Waals surface area contributed by atoms with Crippen LogP contribution in [-0.2, 0) is 4.79 Å². The zero-order valence-corrected chi connectivity index (χ0v) is 11.4. The first-order chi connectivity index (χ1) is 9.38. The minimum atomic E-state index is -0.861. The largest absolute Gasteiger partial charge is 0.481 e. The summed E-state index contributed by atoms with van der Waals surface area (Å²) in [7, 11) is 0. The van der Waals surface area contributed by atoms with Crippen molar-refractivity contribution >= 4 is 17.7 Å². The lowest BCUT2D eigenvalue weighted by molar-refractivity contribution is -0.144. The summed E-state index contributed by atoms with van der Waals surface area (Å²) in [5.41, 5.74) is 0.912. The second-order valence-electron chi connectivity index (χ2n) is 5.21. The molecule has 1 atom stereocenters. The molecule has 0 aliphatic carbocycles. The first-order valence-electron chi connectivity index (χ1n) is 6.43. The number of nitrogens with zero attached hydrogens (tertiary/aromatic N) is 1. The molecular formula is C14H17FN2O3. The van der Waals surface area contributed by atoms with Crippen LogP contribution in [0.25, 0.3) is 0 Å². The van der Waals surface area contributed by atoms with Gasteiger partial charge < -0.3 is 15.3 Å². The molecule has 2 N–H and O–H groups in total. The van der Waals surface area contributed by atoms with E-state index in [9.17, 15) is 14.0 Å². The van der Waals surface area contributed by atoms with Crippen LogP contribution in [-0.4, -0.2) is 35.1 Å². The van der Waals surface area contributed by atoms with E-state index in [-0.39, 0.29) is 11.6 Å². The fourth-order valence-corrected chi connectivity index (χ4v) is 2.11. The van der Waals surface area contributed by atoms with Crippen LogP contribution < -0.4 is 5.32 Å². The molecule has 5 nitrogen and oxygen atoms in total. The highest BCUT2D eigenvalue weighted by Crippen LogP contribution is 2.25. The molecule has 0 radical (unpaired) electrons. The fourth-order valence-electron chi connectivity index (χ4n) is 2.11. The molecule has 0 saturated carbocycles. The molecule has 1 unspecified atom stereocenters. The van der Waals surface area contributed by atoms with E-state index in [1.54, 1.807) is 19.9 Å². The monoisotopic (exact) mass is 280 g/mol. The Kier molecular flexibility index (Phi) is 3.92. The number of rotatable bonds is 3. The number of hydrogen-bond donors (Lipinski definition) is 2. The van der Waals surface area contributed by atoms with Crippen molar-refractivity contribution in [3.63, 3.8) is 0 Å². The van der Waals surface area contributed by atoms with Gasteiger partial charge in [-0.25, -0.2) is 9.18 Å². The molecule has 0 bridgehead atoms. The summed E-state index contributed by atoms with van der Waals surface area (Å²) >= 11 is 0. The molecular weight excluding hydrogens is 263 g/mol. The lowest BCUT2D eigenvalue weighted by atomic mass is 9.87. The maximum Gasteiger partial charge on any atom is 0.321 e. The number of aliphatic carboxylic acids is 1. The number of benzene rings is 1. The number of likely N-dealkylation sites (tertiary alicyclic amines) is 1. The second kappa shape index (κ2) is 5.48. The number of carbonyl (C=O) groups excluding carboxylic acids is 1. The van der Waals surface area contributed by atoms with Crippen LogP contribution in [0.2, 0.25) is 0 Å². The van der Waals surface area contributed by atoms with E-state index in [4.69, 9.17) is 5.11 Å². The van der Waals surface area contributed by atoms with Crippen molar-refractivity contribution in [3.05, 3.63) is 29.6 Å².